The highest BCUT2D eigenvalue weighted by Crippen LogP contribution is 2.24. The van der Waals surface area contributed by atoms with Crippen molar-refractivity contribution in [1.29, 1.82) is 0 Å². The molecule has 11 heteroatoms. The summed E-state index contributed by atoms with van der Waals surface area (Å²) in [6, 6.07) is 10.2. The summed E-state index contributed by atoms with van der Waals surface area (Å²) in [7, 11) is 3.07. The van der Waals surface area contributed by atoms with Gasteiger partial charge in [-0.05, 0) is 43.7 Å². The minimum Gasteiger partial charge on any atom is -0.465 e. The molecule has 1 aromatic heterocycles. The summed E-state index contributed by atoms with van der Waals surface area (Å²) in [4.78, 5) is 60.4. The van der Waals surface area contributed by atoms with Crippen molar-refractivity contribution in [2.24, 2.45) is 0 Å². The lowest BCUT2D eigenvalue weighted by Gasteiger charge is -2.32. The maximum absolute atomic E-state index is 13.6. The van der Waals surface area contributed by atoms with Gasteiger partial charge in [0.1, 0.15) is 5.82 Å². The molecule has 3 rings (SSSR count). The minimum atomic E-state index is -1.26. The van der Waals surface area contributed by atoms with Gasteiger partial charge in [-0.15, -0.1) is 0 Å². The number of halogens is 1. The highest BCUT2D eigenvalue weighted by molar-refractivity contribution is 6.31. The average Bonchev–Trinajstić information content (AvgIpc) is 2.80. The lowest BCUT2D eigenvalue weighted by molar-refractivity contribution is -0.134. The fraction of sp³-hybridized carbons (Fsp3) is 0.292. The molecular formula is C24H26ClN5O5. The van der Waals surface area contributed by atoms with Crippen LogP contribution in [0.4, 0.5) is 4.79 Å². The number of amides is 3. The Morgan fingerprint density at radius 2 is 1.83 bits per heavy atom. The molecule has 0 fully saturated rings. The van der Waals surface area contributed by atoms with Crippen LogP contribution in [0, 0.1) is 6.92 Å². The third-order valence-corrected chi connectivity index (χ3v) is 5.58. The zero-order valence-electron chi connectivity index (χ0n) is 19.5. The van der Waals surface area contributed by atoms with Gasteiger partial charge in [-0.2, -0.15) is 0 Å². The van der Waals surface area contributed by atoms with E-state index in [0.29, 0.717) is 10.6 Å². The number of hydrogen-bond acceptors (Lipinski definition) is 5. The molecule has 2 aromatic carbocycles. The summed E-state index contributed by atoms with van der Waals surface area (Å²) in [5.41, 5.74) is 1.10. The second-order valence-corrected chi connectivity index (χ2v) is 8.63. The van der Waals surface area contributed by atoms with Gasteiger partial charge < -0.3 is 25.2 Å². The molecule has 0 saturated heterocycles. The maximum Gasteiger partial charge on any atom is 0.404 e. The van der Waals surface area contributed by atoms with Gasteiger partial charge in [0.2, 0.25) is 0 Å². The van der Waals surface area contributed by atoms with E-state index in [1.165, 1.54) is 36.0 Å². The van der Waals surface area contributed by atoms with Crippen molar-refractivity contribution in [1.82, 2.24) is 25.1 Å². The first kappa shape index (κ1) is 25.7. The predicted molar refractivity (Wildman–Crippen MR) is 132 cm³/mol. The molecule has 3 N–H and O–H groups in total. The van der Waals surface area contributed by atoms with Crippen molar-refractivity contribution in [2.75, 3.05) is 27.2 Å². The molecular weight excluding hydrogens is 474 g/mol. The number of nitrogens with zero attached hydrogens (tertiary/aromatic N) is 3. The fourth-order valence-corrected chi connectivity index (χ4v) is 3.72. The number of hydrogen-bond donors (Lipinski definition) is 3. The molecule has 3 amide bonds. The third-order valence-electron chi connectivity index (χ3n) is 5.34. The van der Waals surface area contributed by atoms with Crippen LogP contribution in [0.3, 0.4) is 0 Å². The monoisotopic (exact) mass is 499 g/mol. The fourth-order valence-electron chi connectivity index (χ4n) is 3.56. The van der Waals surface area contributed by atoms with Gasteiger partial charge in [-0.1, -0.05) is 29.3 Å². The average molecular weight is 500 g/mol. The smallest absolute Gasteiger partial charge is 0.404 e. The number of aromatic amines is 1. The Labute approximate surface area is 206 Å². The molecule has 0 aliphatic heterocycles. The molecule has 184 valence electrons. The van der Waals surface area contributed by atoms with Gasteiger partial charge in [0.25, 0.3) is 17.4 Å². The van der Waals surface area contributed by atoms with E-state index in [9.17, 15) is 19.2 Å². The summed E-state index contributed by atoms with van der Waals surface area (Å²) in [5.74, 6) is -0.967. The molecule has 0 bridgehead atoms. The standard InChI is InChI=1S/C24H26ClN5O5/c1-14-5-7-15(8-6-14)22(32)30(12-4-11-26-24(34)35)19(23(33)29(2)3)20-27-18-13-16(25)9-10-17(18)21(31)28-20/h5-10,13,19,26H,4,11-12H2,1-3H3,(H,34,35)(H,27,28,31). The summed E-state index contributed by atoms with van der Waals surface area (Å²) in [6.45, 7) is 1.97. The van der Waals surface area contributed by atoms with Gasteiger partial charge in [0, 0.05) is 37.8 Å². The van der Waals surface area contributed by atoms with Crippen LogP contribution in [0.5, 0.6) is 0 Å². The van der Waals surface area contributed by atoms with E-state index in [4.69, 9.17) is 16.7 Å². The van der Waals surface area contributed by atoms with Crippen molar-refractivity contribution in [3.63, 3.8) is 0 Å². The number of nitrogens with one attached hydrogen (secondary N) is 2. The first-order chi connectivity index (χ1) is 16.6. The summed E-state index contributed by atoms with van der Waals surface area (Å²) >= 11 is 6.08. The van der Waals surface area contributed by atoms with Crippen LogP contribution in [0.15, 0.2) is 47.3 Å². The second-order valence-electron chi connectivity index (χ2n) is 8.20. The van der Waals surface area contributed by atoms with Crippen LogP contribution < -0.4 is 10.9 Å². The number of carboxylic acid groups (broad SMARTS) is 1. The molecule has 0 aliphatic carbocycles. The van der Waals surface area contributed by atoms with E-state index in [0.717, 1.165) is 5.56 Å². The number of rotatable bonds is 8. The van der Waals surface area contributed by atoms with Crippen LogP contribution in [-0.2, 0) is 4.79 Å². The van der Waals surface area contributed by atoms with E-state index >= 15 is 0 Å². The van der Waals surface area contributed by atoms with Crippen molar-refractivity contribution in [3.8, 4) is 0 Å². The molecule has 10 nitrogen and oxygen atoms in total. The molecule has 0 aliphatic rings. The van der Waals surface area contributed by atoms with E-state index < -0.39 is 29.5 Å². The maximum atomic E-state index is 13.6. The molecule has 0 saturated carbocycles. The number of aryl methyl sites for hydroxylation is 1. The minimum absolute atomic E-state index is 0.0184. The predicted octanol–water partition coefficient (Wildman–Crippen LogP) is 2.81. The van der Waals surface area contributed by atoms with Gasteiger partial charge >= 0.3 is 6.09 Å². The molecule has 1 atom stereocenters. The Morgan fingerprint density at radius 1 is 1.14 bits per heavy atom. The third kappa shape index (κ3) is 6.15. The first-order valence-corrected chi connectivity index (χ1v) is 11.2. The Bertz CT molecular complexity index is 1310. The van der Waals surface area contributed by atoms with Gasteiger partial charge in [-0.25, -0.2) is 9.78 Å². The summed E-state index contributed by atoms with van der Waals surface area (Å²) < 4.78 is 0. The summed E-state index contributed by atoms with van der Waals surface area (Å²) in [5, 5.41) is 11.8. The molecule has 0 radical (unpaired) electrons. The van der Waals surface area contributed by atoms with Gasteiger partial charge in [-0.3, -0.25) is 14.4 Å². The van der Waals surface area contributed by atoms with Crippen LogP contribution in [0.2, 0.25) is 5.02 Å². The van der Waals surface area contributed by atoms with E-state index in [1.54, 1.807) is 30.3 Å². The highest BCUT2D eigenvalue weighted by atomic mass is 35.5. The number of benzene rings is 2. The Morgan fingerprint density at radius 3 is 2.46 bits per heavy atom. The van der Waals surface area contributed by atoms with E-state index in [2.05, 4.69) is 15.3 Å². The highest BCUT2D eigenvalue weighted by Gasteiger charge is 2.35. The molecule has 3 aromatic rings. The largest absolute Gasteiger partial charge is 0.465 e. The Hall–Kier alpha value is -3.92. The van der Waals surface area contributed by atoms with Crippen LogP contribution in [0.25, 0.3) is 10.9 Å². The van der Waals surface area contributed by atoms with Crippen molar-refractivity contribution in [2.45, 2.75) is 19.4 Å². The van der Waals surface area contributed by atoms with E-state index in [-0.39, 0.29) is 36.2 Å². The van der Waals surface area contributed by atoms with E-state index in [1.807, 2.05) is 6.92 Å². The first-order valence-electron chi connectivity index (χ1n) is 10.8. The Balaban J connectivity index is 2.12. The summed E-state index contributed by atoms with van der Waals surface area (Å²) in [6.07, 6.45) is -0.968. The second kappa shape index (κ2) is 11.0. The van der Waals surface area contributed by atoms with Crippen molar-refractivity contribution < 1.29 is 19.5 Å². The normalized spacial score (nSPS) is 11.7. The number of H-pyrrole nitrogens is 1. The van der Waals surface area contributed by atoms with Crippen LogP contribution in [-0.4, -0.2) is 70.0 Å². The zero-order valence-corrected chi connectivity index (χ0v) is 20.3. The Kier molecular flexibility index (Phi) is 8.08. The zero-order chi connectivity index (χ0) is 25.7. The molecule has 0 spiro atoms. The topological polar surface area (TPSA) is 136 Å². The van der Waals surface area contributed by atoms with Crippen molar-refractivity contribution in [3.05, 3.63) is 74.8 Å². The molecule has 35 heavy (non-hydrogen) atoms. The molecule has 1 unspecified atom stereocenters. The van der Waals surface area contributed by atoms with Crippen LogP contribution in [0.1, 0.15) is 34.2 Å². The van der Waals surface area contributed by atoms with Crippen LogP contribution >= 0.6 is 11.6 Å². The number of carbonyl (C=O) groups is 3. The number of aromatic nitrogens is 2. The van der Waals surface area contributed by atoms with Crippen molar-refractivity contribution >= 4 is 40.4 Å². The number of carbonyl (C=O) groups excluding carboxylic acids is 2. The lowest BCUT2D eigenvalue weighted by Crippen LogP contribution is -2.45. The molecule has 1 heterocycles. The lowest BCUT2D eigenvalue weighted by atomic mass is 10.1. The quantitative estimate of drug-likeness (QED) is 0.408. The van der Waals surface area contributed by atoms with Gasteiger partial charge in [0.15, 0.2) is 6.04 Å². The van der Waals surface area contributed by atoms with Gasteiger partial charge in [0.05, 0.1) is 10.9 Å². The SMILES string of the molecule is Cc1ccc(C(=O)N(CCCNC(=O)O)C(C(=O)N(C)C)c2nc3cc(Cl)ccc3c(=O)[nH]2)cc1. The number of fused-ring (bicyclic) bond motifs is 1. The number of likely N-dealkylation sites (N-methyl/N-ethyl adjacent to an activating group) is 1.